The molecule has 0 bridgehead atoms. The number of unbranched alkanes of at least 4 members (excludes halogenated alkanes) is 1. The zero-order chi connectivity index (χ0) is 19.7. The first-order valence-electron chi connectivity index (χ1n) is 10.1. The van der Waals surface area contributed by atoms with Gasteiger partial charge in [-0.15, -0.1) is 6.58 Å². The van der Waals surface area contributed by atoms with Crippen LogP contribution in [0.25, 0.3) is 0 Å². The van der Waals surface area contributed by atoms with E-state index in [-0.39, 0.29) is 18.1 Å². The van der Waals surface area contributed by atoms with E-state index in [0.717, 1.165) is 47.5 Å². The highest BCUT2D eigenvalue weighted by Crippen LogP contribution is 2.31. The molecule has 0 spiro atoms. The van der Waals surface area contributed by atoms with Crippen molar-refractivity contribution in [2.45, 2.75) is 90.6 Å². The number of hydrogen-bond donors (Lipinski definition) is 0. The molecule has 0 saturated carbocycles. The molecule has 6 heteroatoms. The minimum absolute atomic E-state index is 0.00942. The molecule has 0 aromatic rings. The number of amides is 1. The second-order valence-electron chi connectivity index (χ2n) is 7.56. The lowest BCUT2D eigenvalue weighted by Gasteiger charge is -2.34. The number of thiocarbonyl (C=S) groups is 1. The molecule has 0 aromatic heterocycles. The highest BCUT2D eigenvalue weighted by atomic mass is 32.2. The molecule has 1 amide bonds. The van der Waals surface area contributed by atoms with E-state index in [1.54, 1.807) is 11.8 Å². The van der Waals surface area contributed by atoms with Crippen molar-refractivity contribution < 1.29 is 9.22 Å². The first kappa shape index (κ1) is 23.9. The van der Waals surface area contributed by atoms with Crippen molar-refractivity contribution in [2.75, 3.05) is 5.75 Å². The largest absolute Gasteiger partial charge is 0.413 e. The van der Waals surface area contributed by atoms with Crippen LogP contribution >= 0.6 is 24.0 Å². The van der Waals surface area contributed by atoms with Crippen LogP contribution in [0, 0.1) is 5.92 Å². The summed E-state index contributed by atoms with van der Waals surface area (Å²) in [5, 5.41) is 0. The summed E-state index contributed by atoms with van der Waals surface area (Å²) < 4.78 is 7.44. The second kappa shape index (κ2) is 11.6. The molecule has 1 heterocycles. The predicted octanol–water partition coefficient (Wildman–Crippen LogP) is 6.01. The molecule has 150 valence electrons. The van der Waals surface area contributed by atoms with Gasteiger partial charge in [0.25, 0.3) is 0 Å². The SMILES string of the molecule is C=CCCC[C@H](CC(=O)N1C(=S)SC[C@H]1C(C)C)O[Si](CC)(CC)CC. The molecule has 0 aromatic carbocycles. The van der Waals surface area contributed by atoms with Gasteiger partial charge in [0.2, 0.25) is 5.91 Å². The average molecular weight is 416 g/mol. The molecular weight excluding hydrogens is 378 g/mol. The van der Waals surface area contributed by atoms with Gasteiger partial charge >= 0.3 is 0 Å². The maximum Gasteiger partial charge on any atom is 0.230 e. The summed E-state index contributed by atoms with van der Waals surface area (Å²) in [6.45, 7) is 14.9. The van der Waals surface area contributed by atoms with Gasteiger partial charge in [-0.2, -0.15) is 0 Å². The third-order valence-corrected chi connectivity index (χ3v) is 11.8. The first-order chi connectivity index (χ1) is 12.3. The van der Waals surface area contributed by atoms with Crippen LogP contribution in [0.15, 0.2) is 12.7 Å². The Bertz CT molecular complexity index is 472. The number of rotatable bonds is 12. The number of allylic oxidation sites excluding steroid dienone is 1. The number of carbonyl (C=O) groups is 1. The van der Waals surface area contributed by atoms with E-state index < -0.39 is 8.32 Å². The van der Waals surface area contributed by atoms with Gasteiger partial charge in [-0.25, -0.2) is 0 Å². The smallest absolute Gasteiger partial charge is 0.230 e. The fraction of sp³-hybridized carbons (Fsp3) is 0.800. The molecule has 0 aliphatic carbocycles. The van der Waals surface area contributed by atoms with Crippen LogP contribution in [-0.2, 0) is 9.22 Å². The van der Waals surface area contributed by atoms with Crippen molar-refractivity contribution >= 4 is 42.5 Å². The Balaban J connectivity index is 2.87. The molecule has 1 saturated heterocycles. The minimum atomic E-state index is -1.74. The average Bonchev–Trinajstić information content (AvgIpc) is 3.01. The lowest BCUT2D eigenvalue weighted by molar-refractivity contribution is -0.130. The minimum Gasteiger partial charge on any atom is -0.413 e. The van der Waals surface area contributed by atoms with Crippen molar-refractivity contribution in [1.82, 2.24) is 4.90 Å². The summed E-state index contributed by atoms with van der Waals surface area (Å²) in [5.41, 5.74) is 0. The molecule has 1 aliphatic heterocycles. The molecule has 2 atom stereocenters. The summed E-state index contributed by atoms with van der Waals surface area (Å²) >= 11 is 7.11. The van der Waals surface area contributed by atoms with Crippen LogP contribution in [0.2, 0.25) is 18.1 Å². The summed E-state index contributed by atoms with van der Waals surface area (Å²) in [6, 6.07) is 3.55. The van der Waals surface area contributed by atoms with Gasteiger partial charge in [-0.05, 0) is 43.3 Å². The maximum absolute atomic E-state index is 13.1. The Morgan fingerprint density at radius 3 is 2.50 bits per heavy atom. The van der Waals surface area contributed by atoms with Crippen LogP contribution in [-0.4, -0.2) is 41.3 Å². The Labute approximate surface area is 171 Å². The molecule has 0 radical (unpaired) electrons. The number of nitrogens with zero attached hydrogens (tertiary/aromatic N) is 1. The van der Waals surface area contributed by atoms with Gasteiger partial charge in [0.15, 0.2) is 8.32 Å². The van der Waals surface area contributed by atoms with E-state index in [1.807, 2.05) is 11.0 Å². The van der Waals surface area contributed by atoms with Crippen LogP contribution < -0.4 is 0 Å². The van der Waals surface area contributed by atoms with Gasteiger partial charge in [0.05, 0.1) is 12.5 Å². The van der Waals surface area contributed by atoms with E-state index in [0.29, 0.717) is 12.3 Å². The van der Waals surface area contributed by atoms with E-state index in [1.165, 1.54) is 0 Å². The molecule has 1 aliphatic rings. The van der Waals surface area contributed by atoms with Gasteiger partial charge < -0.3 is 4.43 Å². The van der Waals surface area contributed by atoms with Gasteiger partial charge in [-0.1, -0.05) is 64.7 Å². The molecular formula is C20H37NO2S2Si. The highest BCUT2D eigenvalue weighted by Gasteiger charge is 2.38. The third kappa shape index (κ3) is 6.46. The van der Waals surface area contributed by atoms with Gasteiger partial charge in [0.1, 0.15) is 4.32 Å². The summed E-state index contributed by atoms with van der Waals surface area (Å²) in [5.74, 6) is 1.48. The first-order valence-corrected chi connectivity index (χ1v) is 14.0. The van der Waals surface area contributed by atoms with E-state index >= 15 is 0 Å². The van der Waals surface area contributed by atoms with Gasteiger partial charge in [0, 0.05) is 11.8 Å². The van der Waals surface area contributed by atoms with Crippen molar-refractivity contribution in [3.05, 3.63) is 12.7 Å². The zero-order valence-corrected chi connectivity index (χ0v) is 19.9. The van der Waals surface area contributed by atoms with E-state index in [2.05, 4.69) is 41.2 Å². The van der Waals surface area contributed by atoms with Gasteiger partial charge in [-0.3, -0.25) is 9.69 Å². The normalized spacial score (nSPS) is 19.2. The Morgan fingerprint density at radius 2 is 2.00 bits per heavy atom. The molecule has 26 heavy (non-hydrogen) atoms. The van der Waals surface area contributed by atoms with Crippen LogP contribution in [0.5, 0.6) is 0 Å². The topological polar surface area (TPSA) is 29.5 Å². The van der Waals surface area contributed by atoms with Crippen LogP contribution in [0.3, 0.4) is 0 Å². The van der Waals surface area contributed by atoms with Crippen molar-refractivity contribution in [3.63, 3.8) is 0 Å². The zero-order valence-electron chi connectivity index (χ0n) is 17.3. The molecule has 0 unspecified atom stereocenters. The lowest BCUT2D eigenvalue weighted by Crippen LogP contribution is -2.45. The van der Waals surface area contributed by atoms with Crippen molar-refractivity contribution in [2.24, 2.45) is 5.92 Å². The summed E-state index contributed by atoms with van der Waals surface area (Å²) in [4.78, 5) is 15.0. The van der Waals surface area contributed by atoms with E-state index in [9.17, 15) is 4.79 Å². The number of hydrogen-bond acceptors (Lipinski definition) is 4. The standard InChI is InChI=1S/C20H37NO2S2Si/c1-7-11-12-13-17(23-26(8-2,9-3)10-4)14-19(22)21-18(16(5)6)15-25-20(21)24/h7,16-18H,1,8-15H2,2-6H3/t17-,18+/m1/s1. The second-order valence-corrected chi connectivity index (χ2v) is 13.9. The van der Waals surface area contributed by atoms with Crippen molar-refractivity contribution in [1.29, 1.82) is 0 Å². The Kier molecular flexibility index (Phi) is 10.7. The highest BCUT2D eigenvalue weighted by molar-refractivity contribution is 8.23. The lowest BCUT2D eigenvalue weighted by atomic mass is 10.0. The number of carbonyl (C=O) groups excluding carboxylic acids is 1. The molecule has 3 nitrogen and oxygen atoms in total. The Morgan fingerprint density at radius 1 is 1.38 bits per heavy atom. The fourth-order valence-corrected chi connectivity index (χ4v) is 8.13. The monoisotopic (exact) mass is 415 g/mol. The van der Waals surface area contributed by atoms with Crippen LogP contribution in [0.1, 0.15) is 60.3 Å². The summed E-state index contributed by atoms with van der Waals surface area (Å²) in [6.07, 6.45) is 5.33. The van der Waals surface area contributed by atoms with E-state index in [4.69, 9.17) is 16.6 Å². The van der Waals surface area contributed by atoms with Crippen LogP contribution in [0.4, 0.5) is 0 Å². The summed E-state index contributed by atoms with van der Waals surface area (Å²) in [7, 11) is -1.74. The van der Waals surface area contributed by atoms with Crippen molar-refractivity contribution in [3.8, 4) is 0 Å². The number of thioether (sulfide) groups is 1. The molecule has 1 rings (SSSR count). The predicted molar refractivity (Wildman–Crippen MR) is 121 cm³/mol. The molecule has 1 fully saturated rings. The Hall–Kier alpha value is -0.173. The third-order valence-electron chi connectivity index (χ3n) is 5.63. The quantitative estimate of drug-likeness (QED) is 0.169. The maximum atomic E-state index is 13.1. The molecule has 0 N–H and O–H groups in total. The fourth-order valence-electron chi connectivity index (χ4n) is 3.55.